The van der Waals surface area contributed by atoms with E-state index < -0.39 is 0 Å². The highest BCUT2D eigenvalue weighted by Crippen LogP contribution is 2.40. The molecule has 2 fully saturated rings. The van der Waals surface area contributed by atoms with E-state index in [-0.39, 0.29) is 0 Å². The average Bonchev–Trinajstić information content (AvgIpc) is 2.94. The summed E-state index contributed by atoms with van der Waals surface area (Å²) >= 11 is 0. The molecule has 2 aliphatic rings. The summed E-state index contributed by atoms with van der Waals surface area (Å²) in [5.74, 6) is 1.80. The van der Waals surface area contributed by atoms with Gasteiger partial charge in [0.1, 0.15) is 0 Å². The molecule has 19 heavy (non-hydrogen) atoms. The van der Waals surface area contributed by atoms with Crippen molar-refractivity contribution in [2.45, 2.75) is 65.2 Å². The lowest BCUT2D eigenvalue weighted by Gasteiger charge is -2.30. The molecule has 0 aromatic rings. The van der Waals surface area contributed by atoms with Gasteiger partial charge in [-0.25, -0.2) is 0 Å². The lowest BCUT2D eigenvalue weighted by atomic mass is 9.83. The Morgan fingerprint density at radius 3 is 2.68 bits per heavy atom. The molecule has 0 bridgehead atoms. The number of piperidine rings is 1. The van der Waals surface area contributed by atoms with Gasteiger partial charge in [-0.3, -0.25) is 0 Å². The Labute approximate surface area is 120 Å². The minimum absolute atomic E-state index is 0.648. The van der Waals surface area contributed by atoms with Crippen LogP contribution in [0.4, 0.5) is 0 Å². The van der Waals surface area contributed by atoms with Crippen molar-refractivity contribution >= 4 is 0 Å². The van der Waals surface area contributed by atoms with Crippen LogP contribution in [0.2, 0.25) is 0 Å². The molecular formula is C17H34N2. The summed E-state index contributed by atoms with van der Waals surface area (Å²) in [6.45, 7) is 9.80. The smallest absolute Gasteiger partial charge is 0.000770 e. The lowest BCUT2D eigenvalue weighted by Crippen LogP contribution is -2.36. The molecule has 112 valence electrons. The molecule has 2 heteroatoms. The average molecular weight is 266 g/mol. The molecule has 2 N–H and O–H groups in total. The van der Waals surface area contributed by atoms with E-state index in [0.717, 1.165) is 11.8 Å². The highest BCUT2D eigenvalue weighted by molar-refractivity contribution is 4.85. The van der Waals surface area contributed by atoms with Crippen LogP contribution in [0, 0.1) is 17.3 Å². The van der Waals surface area contributed by atoms with Crippen LogP contribution in [0.15, 0.2) is 0 Å². The number of hydrogen-bond acceptors (Lipinski definition) is 2. The van der Waals surface area contributed by atoms with Gasteiger partial charge in [0.2, 0.25) is 0 Å². The van der Waals surface area contributed by atoms with E-state index in [1.165, 1.54) is 77.5 Å². The Bertz CT molecular complexity index is 240. The third kappa shape index (κ3) is 4.46. The molecule has 2 atom stereocenters. The maximum atomic E-state index is 3.77. The topological polar surface area (TPSA) is 24.1 Å². The monoisotopic (exact) mass is 266 g/mol. The largest absolute Gasteiger partial charge is 0.316 e. The Morgan fingerprint density at radius 2 is 2.05 bits per heavy atom. The summed E-state index contributed by atoms with van der Waals surface area (Å²) in [5, 5.41) is 7.31. The molecule has 0 aromatic heterocycles. The second-order valence-corrected chi connectivity index (χ2v) is 7.11. The molecule has 2 unspecified atom stereocenters. The SMILES string of the molecule is CCC1(CNCCC(C)C2CCCNC2)CCCC1. The standard InChI is InChI=1S/C17H34N2/c1-3-17(9-4-5-10-17)14-19-12-8-15(2)16-7-6-11-18-13-16/h15-16,18-19H,3-14H2,1-2H3. The van der Waals surface area contributed by atoms with Gasteiger partial charge in [-0.15, -0.1) is 0 Å². The maximum Gasteiger partial charge on any atom is 0.000770 e. The van der Waals surface area contributed by atoms with Gasteiger partial charge in [0, 0.05) is 6.54 Å². The van der Waals surface area contributed by atoms with Gasteiger partial charge in [-0.1, -0.05) is 26.7 Å². The summed E-state index contributed by atoms with van der Waals surface area (Å²) in [5.41, 5.74) is 0.648. The van der Waals surface area contributed by atoms with Crippen molar-refractivity contribution in [1.82, 2.24) is 10.6 Å². The van der Waals surface area contributed by atoms with Crippen molar-refractivity contribution in [3.63, 3.8) is 0 Å². The van der Waals surface area contributed by atoms with Crippen LogP contribution in [0.1, 0.15) is 65.2 Å². The first-order valence-corrected chi connectivity index (χ1v) is 8.67. The van der Waals surface area contributed by atoms with Gasteiger partial charge >= 0.3 is 0 Å². The fourth-order valence-electron chi connectivity index (χ4n) is 4.06. The van der Waals surface area contributed by atoms with Gasteiger partial charge in [0.25, 0.3) is 0 Å². The first kappa shape index (κ1) is 15.3. The molecule has 0 aromatic carbocycles. The van der Waals surface area contributed by atoms with Crippen LogP contribution in [0.3, 0.4) is 0 Å². The van der Waals surface area contributed by atoms with Gasteiger partial charge in [0.15, 0.2) is 0 Å². The van der Waals surface area contributed by atoms with Crippen molar-refractivity contribution < 1.29 is 0 Å². The van der Waals surface area contributed by atoms with Crippen LogP contribution in [0.25, 0.3) is 0 Å². The first-order valence-electron chi connectivity index (χ1n) is 8.67. The molecule has 1 heterocycles. The number of nitrogens with one attached hydrogen (secondary N) is 2. The van der Waals surface area contributed by atoms with Gasteiger partial charge in [-0.05, 0) is 75.4 Å². The Hall–Kier alpha value is -0.0800. The molecule has 1 saturated carbocycles. The van der Waals surface area contributed by atoms with Crippen LogP contribution in [0.5, 0.6) is 0 Å². The zero-order valence-corrected chi connectivity index (χ0v) is 13.1. The Balaban J connectivity index is 1.60. The summed E-state index contributed by atoms with van der Waals surface area (Å²) < 4.78 is 0. The molecule has 1 saturated heterocycles. The molecular weight excluding hydrogens is 232 g/mol. The third-order valence-corrected chi connectivity index (χ3v) is 5.83. The quantitative estimate of drug-likeness (QED) is 0.688. The minimum atomic E-state index is 0.648. The molecule has 2 nitrogen and oxygen atoms in total. The van der Waals surface area contributed by atoms with Crippen molar-refractivity contribution in [2.75, 3.05) is 26.2 Å². The van der Waals surface area contributed by atoms with Crippen LogP contribution >= 0.6 is 0 Å². The van der Waals surface area contributed by atoms with E-state index in [0.29, 0.717) is 5.41 Å². The van der Waals surface area contributed by atoms with E-state index in [1.54, 1.807) is 0 Å². The second kappa shape index (κ2) is 7.64. The van der Waals surface area contributed by atoms with E-state index >= 15 is 0 Å². The van der Waals surface area contributed by atoms with Crippen molar-refractivity contribution in [3.8, 4) is 0 Å². The molecule has 0 spiro atoms. The van der Waals surface area contributed by atoms with Crippen LogP contribution in [-0.4, -0.2) is 26.2 Å². The van der Waals surface area contributed by atoms with Crippen LogP contribution in [-0.2, 0) is 0 Å². The van der Waals surface area contributed by atoms with E-state index in [1.807, 2.05) is 0 Å². The van der Waals surface area contributed by atoms with E-state index in [2.05, 4.69) is 24.5 Å². The second-order valence-electron chi connectivity index (χ2n) is 7.11. The molecule has 0 radical (unpaired) electrons. The maximum absolute atomic E-state index is 3.77. The molecule has 2 rings (SSSR count). The molecule has 0 amide bonds. The van der Waals surface area contributed by atoms with E-state index in [9.17, 15) is 0 Å². The minimum Gasteiger partial charge on any atom is -0.316 e. The summed E-state index contributed by atoms with van der Waals surface area (Å²) in [4.78, 5) is 0. The zero-order valence-electron chi connectivity index (χ0n) is 13.1. The fraction of sp³-hybridized carbons (Fsp3) is 1.00. The molecule has 1 aliphatic heterocycles. The summed E-state index contributed by atoms with van der Waals surface area (Å²) in [6, 6.07) is 0. The summed E-state index contributed by atoms with van der Waals surface area (Å²) in [6.07, 6.45) is 11.4. The fourth-order valence-corrected chi connectivity index (χ4v) is 4.06. The zero-order chi connectivity index (χ0) is 13.6. The first-order chi connectivity index (χ1) is 9.26. The number of rotatable bonds is 7. The molecule has 1 aliphatic carbocycles. The summed E-state index contributed by atoms with van der Waals surface area (Å²) in [7, 11) is 0. The van der Waals surface area contributed by atoms with Crippen LogP contribution < -0.4 is 10.6 Å². The van der Waals surface area contributed by atoms with Crippen molar-refractivity contribution in [2.24, 2.45) is 17.3 Å². The van der Waals surface area contributed by atoms with Crippen molar-refractivity contribution in [3.05, 3.63) is 0 Å². The Morgan fingerprint density at radius 1 is 1.26 bits per heavy atom. The number of hydrogen-bond donors (Lipinski definition) is 2. The van der Waals surface area contributed by atoms with Gasteiger partial charge in [-0.2, -0.15) is 0 Å². The normalized spacial score (nSPS) is 28.4. The van der Waals surface area contributed by atoms with Gasteiger partial charge in [0.05, 0.1) is 0 Å². The Kier molecular flexibility index (Phi) is 6.15. The van der Waals surface area contributed by atoms with Crippen molar-refractivity contribution in [1.29, 1.82) is 0 Å². The highest BCUT2D eigenvalue weighted by atomic mass is 14.9. The van der Waals surface area contributed by atoms with Gasteiger partial charge < -0.3 is 10.6 Å². The predicted molar refractivity (Wildman–Crippen MR) is 83.4 cm³/mol. The van der Waals surface area contributed by atoms with E-state index in [4.69, 9.17) is 0 Å². The predicted octanol–water partition coefficient (Wildman–Crippen LogP) is 3.57. The highest BCUT2D eigenvalue weighted by Gasteiger charge is 2.31. The third-order valence-electron chi connectivity index (χ3n) is 5.83. The lowest BCUT2D eigenvalue weighted by molar-refractivity contribution is 0.245.